The van der Waals surface area contributed by atoms with Gasteiger partial charge < -0.3 is 29.7 Å². The summed E-state index contributed by atoms with van der Waals surface area (Å²) >= 11 is 5.75. The predicted molar refractivity (Wildman–Crippen MR) is 165 cm³/mol. The number of rotatable bonds is 6. The minimum atomic E-state index is -4.68. The number of nitrogen functional groups attached to an aromatic ring is 1. The fourth-order valence-corrected chi connectivity index (χ4v) is 4.82. The fraction of sp³-hybridized carbons (Fsp3) is 0.323. The van der Waals surface area contributed by atoms with Crippen LogP contribution >= 0.6 is 11.6 Å². The second kappa shape index (κ2) is 14.5. The Bertz CT molecular complexity index is 1680. The lowest BCUT2D eigenvalue weighted by molar-refractivity contribution is -0.138. The van der Waals surface area contributed by atoms with Crippen LogP contribution in [-0.2, 0) is 21.8 Å². The summed E-state index contributed by atoms with van der Waals surface area (Å²) < 4.78 is 93.8. The van der Waals surface area contributed by atoms with Gasteiger partial charge in [-0.2, -0.15) is 26.3 Å². The summed E-state index contributed by atoms with van der Waals surface area (Å²) in [7, 11) is 2.25. The van der Waals surface area contributed by atoms with Crippen molar-refractivity contribution in [1.29, 1.82) is 0 Å². The zero-order valence-corrected chi connectivity index (χ0v) is 26.2. The third-order valence-corrected chi connectivity index (χ3v) is 7.63. The SMILES string of the molecule is COC(=O)c1cc(N2CCC2)c(C(F)(F)F)cc1N.COC(=O)c1cc(N2CCC2)c(C(F)(F)F)cc1NC(=O)Oc1ccc(Cl)cc1. The number of esters is 2. The van der Waals surface area contributed by atoms with Gasteiger partial charge in [0.1, 0.15) is 5.75 Å². The smallest absolute Gasteiger partial charge is 0.418 e. The molecule has 2 aliphatic heterocycles. The van der Waals surface area contributed by atoms with Gasteiger partial charge in [0.2, 0.25) is 0 Å². The molecule has 3 aromatic rings. The molecule has 3 aromatic carbocycles. The standard InChI is InChI=1S/C19H16ClF3N2O4.C12H13F3N2O2/c1-28-17(26)13-9-16(25-7-2-8-25)14(19(21,22)23)10-15(13)24-18(27)29-12-5-3-11(20)4-6-12;1-19-11(18)7-5-10(17-3-2-4-17)8(6-9(7)16)12(13,14)15/h3-6,9-10H,2,7-8H2,1H3,(H,24,27);5-6H,2-4,16H2,1H3. The van der Waals surface area contributed by atoms with Crippen LogP contribution in [0.5, 0.6) is 5.75 Å². The molecular weight excluding hydrogens is 674 g/mol. The molecule has 2 saturated heterocycles. The van der Waals surface area contributed by atoms with Crippen LogP contribution in [0.3, 0.4) is 0 Å². The number of hydrogen-bond donors (Lipinski definition) is 2. The molecule has 0 bridgehead atoms. The number of methoxy groups -OCH3 is 2. The van der Waals surface area contributed by atoms with Crippen LogP contribution in [0, 0.1) is 0 Å². The quantitative estimate of drug-likeness (QED) is 0.155. The van der Waals surface area contributed by atoms with E-state index in [1.165, 1.54) is 29.2 Å². The third-order valence-electron chi connectivity index (χ3n) is 7.38. The van der Waals surface area contributed by atoms with Crippen LogP contribution in [0.15, 0.2) is 48.5 Å². The highest BCUT2D eigenvalue weighted by Crippen LogP contribution is 2.42. The zero-order valence-electron chi connectivity index (χ0n) is 25.4. The maximum absolute atomic E-state index is 13.6. The minimum absolute atomic E-state index is 0.0200. The molecule has 0 aliphatic carbocycles. The van der Waals surface area contributed by atoms with E-state index < -0.39 is 41.5 Å². The summed E-state index contributed by atoms with van der Waals surface area (Å²) in [5.41, 5.74) is 2.70. The number of ether oxygens (including phenoxy) is 3. The molecule has 1 amide bonds. The number of nitrogens with two attached hydrogens (primary N) is 1. The number of carbonyl (C=O) groups is 3. The Morgan fingerprint density at radius 1 is 0.750 bits per heavy atom. The molecule has 258 valence electrons. The summed E-state index contributed by atoms with van der Waals surface area (Å²) in [5, 5.41) is 2.61. The normalized spacial score (nSPS) is 14.1. The van der Waals surface area contributed by atoms with Crippen molar-refractivity contribution in [3.63, 3.8) is 0 Å². The molecule has 10 nitrogen and oxygen atoms in total. The summed E-state index contributed by atoms with van der Waals surface area (Å²) in [5.74, 6) is -1.50. The molecule has 3 N–H and O–H groups in total. The zero-order chi connectivity index (χ0) is 35.4. The molecule has 0 aromatic heterocycles. The van der Waals surface area contributed by atoms with Crippen molar-refractivity contribution in [2.75, 3.05) is 61.2 Å². The Hall–Kier alpha value is -4.86. The number of benzene rings is 3. The van der Waals surface area contributed by atoms with E-state index in [1.54, 1.807) is 4.90 Å². The van der Waals surface area contributed by atoms with Crippen LogP contribution < -0.4 is 25.6 Å². The maximum atomic E-state index is 13.6. The highest BCUT2D eigenvalue weighted by molar-refractivity contribution is 6.30. The van der Waals surface area contributed by atoms with Crippen LogP contribution in [-0.4, -0.2) is 58.4 Å². The second-order valence-electron chi connectivity index (χ2n) is 10.5. The average Bonchev–Trinajstić information content (AvgIpc) is 2.96. The third kappa shape index (κ3) is 8.34. The van der Waals surface area contributed by atoms with Crippen molar-refractivity contribution >= 4 is 52.4 Å². The number of anilines is 4. The molecule has 0 atom stereocenters. The van der Waals surface area contributed by atoms with Gasteiger partial charge in [0, 0.05) is 48.3 Å². The highest BCUT2D eigenvalue weighted by Gasteiger charge is 2.39. The molecule has 2 fully saturated rings. The first kappa shape index (κ1) is 36.0. The number of halogens is 7. The van der Waals surface area contributed by atoms with Gasteiger partial charge in [0.15, 0.2) is 0 Å². The van der Waals surface area contributed by atoms with Crippen molar-refractivity contribution in [1.82, 2.24) is 0 Å². The van der Waals surface area contributed by atoms with E-state index in [-0.39, 0.29) is 39.6 Å². The number of hydrogen-bond acceptors (Lipinski definition) is 9. The molecule has 0 spiro atoms. The van der Waals surface area contributed by atoms with Gasteiger partial charge in [-0.3, -0.25) is 5.32 Å². The maximum Gasteiger partial charge on any atom is 0.418 e. The van der Waals surface area contributed by atoms with Gasteiger partial charge >= 0.3 is 30.4 Å². The lowest BCUT2D eigenvalue weighted by atomic mass is 10.0. The van der Waals surface area contributed by atoms with E-state index in [9.17, 15) is 40.7 Å². The molecule has 0 saturated carbocycles. The molecule has 5 rings (SSSR count). The van der Waals surface area contributed by atoms with Gasteiger partial charge in [-0.25, -0.2) is 14.4 Å². The van der Waals surface area contributed by atoms with Gasteiger partial charge in [-0.1, -0.05) is 11.6 Å². The Labute approximate surface area is 275 Å². The topological polar surface area (TPSA) is 123 Å². The number of alkyl halides is 6. The first-order chi connectivity index (χ1) is 22.5. The summed E-state index contributed by atoms with van der Waals surface area (Å²) in [6, 6.07) is 9.52. The van der Waals surface area contributed by atoms with Crippen LogP contribution in [0.1, 0.15) is 44.7 Å². The van der Waals surface area contributed by atoms with E-state index >= 15 is 0 Å². The molecular formula is C31H29ClF6N4O6. The molecule has 0 radical (unpaired) electrons. The number of nitrogens with zero attached hydrogens (tertiary/aromatic N) is 2. The van der Waals surface area contributed by atoms with Crippen LogP contribution in [0.2, 0.25) is 5.02 Å². The first-order valence-electron chi connectivity index (χ1n) is 14.2. The van der Waals surface area contributed by atoms with Crippen LogP contribution in [0.4, 0.5) is 53.9 Å². The summed E-state index contributed by atoms with van der Waals surface area (Å²) in [6.07, 6.45) is -8.68. The molecule has 2 heterocycles. The van der Waals surface area contributed by atoms with Gasteiger partial charge in [0.25, 0.3) is 0 Å². The van der Waals surface area contributed by atoms with Crippen molar-refractivity contribution < 1.29 is 54.9 Å². The van der Waals surface area contributed by atoms with Crippen molar-refractivity contribution in [3.8, 4) is 5.75 Å². The van der Waals surface area contributed by atoms with E-state index in [0.29, 0.717) is 37.3 Å². The average molecular weight is 703 g/mol. The van der Waals surface area contributed by atoms with Gasteiger partial charge in [-0.15, -0.1) is 0 Å². The van der Waals surface area contributed by atoms with Crippen molar-refractivity contribution in [3.05, 3.63) is 75.8 Å². The van der Waals surface area contributed by atoms with Gasteiger partial charge in [0.05, 0.1) is 42.2 Å². The van der Waals surface area contributed by atoms with Crippen LogP contribution in [0.25, 0.3) is 0 Å². The molecule has 2 aliphatic rings. The largest absolute Gasteiger partial charge is 0.465 e. The number of amides is 1. The van der Waals surface area contributed by atoms with Gasteiger partial charge in [-0.05, 0) is 61.4 Å². The highest BCUT2D eigenvalue weighted by atomic mass is 35.5. The minimum Gasteiger partial charge on any atom is -0.465 e. The summed E-state index contributed by atoms with van der Waals surface area (Å²) in [6.45, 7) is 1.95. The predicted octanol–water partition coefficient (Wildman–Crippen LogP) is 7.25. The number of carbonyl (C=O) groups excluding carboxylic acids is 3. The monoisotopic (exact) mass is 702 g/mol. The lowest BCUT2D eigenvalue weighted by Crippen LogP contribution is -2.38. The van der Waals surface area contributed by atoms with Crippen molar-refractivity contribution in [2.45, 2.75) is 25.2 Å². The lowest BCUT2D eigenvalue weighted by Gasteiger charge is -2.35. The Kier molecular flexibility index (Phi) is 10.9. The first-order valence-corrected chi connectivity index (χ1v) is 14.6. The Morgan fingerprint density at radius 3 is 1.65 bits per heavy atom. The Balaban J connectivity index is 0.000000237. The van der Waals surface area contributed by atoms with E-state index in [1.807, 2.05) is 0 Å². The van der Waals surface area contributed by atoms with E-state index in [2.05, 4.69) is 14.8 Å². The van der Waals surface area contributed by atoms with Crippen molar-refractivity contribution in [2.24, 2.45) is 0 Å². The molecule has 17 heteroatoms. The molecule has 48 heavy (non-hydrogen) atoms. The summed E-state index contributed by atoms with van der Waals surface area (Å²) in [4.78, 5) is 38.8. The van der Waals surface area contributed by atoms with E-state index in [4.69, 9.17) is 22.1 Å². The number of nitrogens with one attached hydrogen (secondary N) is 1. The fourth-order valence-electron chi connectivity index (χ4n) is 4.70. The van der Waals surface area contributed by atoms with E-state index in [0.717, 1.165) is 45.3 Å². The molecule has 0 unspecified atom stereocenters. The Morgan fingerprint density at radius 2 is 1.21 bits per heavy atom. The second-order valence-corrected chi connectivity index (χ2v) is 10.9.